The number of hydrogen-bond acceptors (Lipinski definition) is 9. The molecule has 0 fully saturated rings. The number of carbonyl (C=O) groups excluding carboxylic acids is 5. The van der Waals surface area contributed by atoms with Gasteiger partial charge < -0.3 is 53.6 Å². The van der Waals surface area contributed by atoms with Crippen LogP contribution in [0.4, 0.5) is 0 Å². The van der Waals surface area contributed by atoms with E-state index in [2.05, 4.69) is 31.9 Å². The van der Waals surface area contributed by atoms with Crippen molar-refractivity contribution in [2.45, 2.75) is 104 Å². The minimum atomic E-state index is -1.23. The van der Waals surface area contributed by atoms with Crippen molar-refractivity contribution in [1.29, 1.82) is 5.41 Å². The summed E-state index contributed by atoms with van der Waals surface area (Å²) in [4.78, 5) is 76.2. The van der Waals surface area contributed by atoms with E-state index in [1.807, 2.05) is 20.8 Å². The topological polar surface area (TPSA) is 291 Å². The quantitative estimate of drug-likeness (QED) is 0.0339. The van der Waals surface area contributed by atoms with Gasteiger partial charge in [0.05, 0.1) is 13.2 Å². The average Bonchev–Trinajstić information content (AvgIpc) is 2.97. The Bertz CT molecular complexity index is 1040. The molecule has 0 saturated heterocycles. The third-order valence-electron chi connectivity index (χ3n) is 7.05. The molecule has 0 aromatic carbocycles. The molecular weight excluding hydrogens is 602 g/mol. The molecule has 0 bridgehead atoms. The van der Waals surface area contributed by atoms with Gasteiger partial charge in [0.2, 0.25) is 29.5 Å². The number of aliphatic hydroxyl groups is 1. The van der Waals surface area contributed by atoms with Crippen molar-refractivity contribution in [3.63, 3.8) is 0 Å². The van der Waals surface area contributed by atoms with Crippen LogP contribution in [-0.4, -0.2) is 102 Å². The standard InChI is InChI=1S/C29H55N9O8/c1-7-17(6)23(38-26(43)20(11-15(2)3)36-24(41)18(30)14-39)27(44)34-13-22(40)35-19(9-8-10-33-29(31)32)25(42)37-21(28(45)46)12-16(4)5/h15-21,23,39H,7-14,30H2,1-6H3,(H,34,44)(H,35,40)(H,36,41)(H,37,42)(H,38,43)(H,45,46)(H4,31,32,33)/t17-,18-,19-,20-,21-,23-/m0/s1. The first-order valence-electron chi connectivity index (χ1n) is 15.6. The van der Waals surface area contributed by atoms with Crippen LogP contribution in [-0.2, 0) is 28.8 Å². The molecule has 0 heterocycles. The Labute approximate surface area is 270 Å². The van der Waals surface area contributed by atoms with E-state index in [1.165, 1.54) is 0 Å². The van der Waals surface area contributed by atoms with Crippen LogP contribution in [0.1, 0.15) is 73.6 Å². The number of hydrogen-bond donors (Lipinski definition) is 11. The predicted molar refractivity (Wildman–Crippen MR) is 171 cm³/mol. The van der Waals surface area contributed by atoms with Gasteiger partial charge in [-0.15, -0.1) is 0 Å². The highest BCUT2D eigenvalue weighted by atomic mass is 16.4. The average molecular weight is 658 g/mol. The number of carboxylic acids is 1. The smallest absolute Gasteiger partial charge is 0.326 e. The van der Waals surface area contributed by atoms with Gasteiger partial charge in [-0.1, -0.05) is 48.0 Å². The Morgan fingerprint density at radius 2 is 1.30 bits per heavy atom. The maximum absolute atomic E-state index is 13.2. The van der Waals surface area contributed by atoms with Crippen molar-refractivity contribution in [2.24, 2.45) is 29.2 Å². The maximum Gasteiger partial charge on any atom is 0.326 e. The van der Waals surface area contributed by atoms with Crippen LogP contribution in [0.3, 0.4) is 0 Å². The van der Waals surface area contributed by atoms with Crippen LogP contribution in [0.15, 0.2) is 0 Å². The van der Waals surface area contributed by atoms with Gasteiger partial charge >= 0.3 is 5.97 Å². The molecule has 264 valence electrons. The fourth-order valence-electron chi connectivity index (χ4n) is 4.31. The lowest BCUT2D eigenvalue weighted by Crippen LogP contribution is -2.58. The molecule has 0 aromatic heterocycles. The second kappa shape index (κ2) is 21.7. The highest BCUT2D eigenvalue weighted by Crippen LogP contribution is 2.11. The monoisotopic (exact) mass is 657 g/mol. The highest BCUT2D eigenvalue weighted by molar-refractivity contribution is 5.95. The summed E-state index contributed by atoms with van der Waals surface area (Å²) >= 11 is 0. The van der Waals surface area contributed by atoms with Gasteiger partial charge in [-0.3, -0.25) is 29.4 Å². The number of aliphatic hydroxyl groups excluding tert-OH is 1. The summed E-state index contributed by atoms with van der Waals surface area (Å²) in [6.45, 7) is 9.89. The number of carboxylic acid groups (broad SMARTS) is 1. The first-order chi connectivity index (χ1) is 21.4. The van der Waals surface area contributed by atoms with E-state index in [1.54, 1.807) is 20.8 Å². The van der Waals surface area contributed by atoms with Crippen LogP contribution in [0, 0.1) is 23.2 Å². The van der Waals surface area contributed by atoms with Crippen molar-refractivity contribution in [1.82, 2.24) is 31.9 Å². The molecule has 0 unspecified atom stereocenters. The molecule has 6 atom stereocenters. The number of nitrogens with one attached hydrogen (secondary N) is 7. The fraction of sp³-hybridized carbons (Fsp3) is 0.759. The zero-order valence-electron chi connectivity index (χ0n) is 27.8. The van der Waals surface area contributed by atoms with E-state index >= 15 is 0 Å². The van der Waals surface area contributed by atoms with E-state index in [-0.39, 0.29) is 49.5 Å². The van der Waals surface area contributed by atoms with Crippen LogP contribution in [0.2, 0.25) is 0 Å². The largest absolute Gasteiger partial charge is 0.480 e. The molecule has 0 aliphatic heterocycles. The van der Waals surface area contributed by atoms with Crippen molar-refractivity contribution >= 4 is 41.5 Å². The Balaban J connectivity index is 5.64. The van der Waals surface area contributed by atoms with Gasteiger partial charge in [0.15, 0.2) is 5.96 Å². The van der Waals surface area contributed by atoms with Gasteiger partial charge in [-0.25, -0.2) is 4.79 Å². The molecular formula is C29H55N9O8. The van der Waals surface area contributed by atoms with E-state index in [0.717, 1.165) is 0 Å². The Kier molecular flexibility index (Phi) is 19.8. The fourth-order valence-corrected chi connectivity index (χ4v) is 4.31. The third kappa shape index (κ3) is 16.9. The summed E-state index contributed by atoms with van der Waals surface area (Å²) < 4.78 is 0. The zero-order valence-corrected chi connectivity index (χ0v) is 27.8. The number of guanidine groups is 1. The number of nitrogens with two attached hydrogens (primary N) is 2. The number of carbonyl (C=O) groups is 6. The molecule has 5 amide bonds. The van der Waals surface area contributed by atoms with Gasteiger partial charge in [-0.05, 0) is 43.4 Å². The van der Waals surface area contributed by atoms with Crippen molar-refractivity contribution < 1.29 is 39.0 Å². The van der Waals surface area contributed by atoms with Crippen LogP contribution in [0.25, 0.3) is 0 Å². The number of rotatable bonds is 22. The SMILES string of the molecule is CC[C@H](C)[C@H](NC(=O)[C@H](CC(C)C)NC(=O)[C@@H](N)CO)C(=O)NCC(=O)N[C@@H](CCCNC(=N)N)C(=O)N[C@@H](CC(C)C)C(=O)O. The second-order valence-corrected chi connectivity index (χ2v) is 12.2. The van der Waals surface area contributed by atoms with Crippen molar-refractivity contribution in [3.05, 3.63) is 0 Å². The minimum absolute atomic E-state index is 0.0134. The molecule has 17 heteroatoms. The molecule has 0 aromatic rings. The van der Waals surface area contributed by atoms with E-state index in [4.69, 9.17) is 16.9 Å². The summed E-state index contributed by atoms with van der Waals surface area (Å²) in [6.07, 6.45) is 1.26. The lowest BCUT2D eigenvalue weighted by molar-refractivity contribution is -0.142. The molecule has 0 rings (SSSR count). The Hall–Kier alpha value is -3.99. The van der Waals surface area contributed by atoms with Crippen LogP contribution < -0.4 is 43.4 Å². The van der Waals surface area contributed by atoms with Crippen molar-refractivity contribution in [2.75, 3.05) is 19.7 Å². The number of amides is 5. The maximum atomic E-state index is 13.2. The molecule has 17 nitrogen and oxygen atoms in total. The molecule has 0 saturated carbocycles. The van der Waals surface area contributed by atoms with E-state index < -0.39 is 78.9 Å². The molecule has 0 aliphatic carbocycles. The van der Waals surface area contributed by atoms with Crippen LogP contribution >= 0.6 is 0 Å². The van der Waals surface area contributed by atoms with E-state index in [9.17, 15) is 39.0 Å². The molecule has 0 aliphatic rings. The summed E-state index contributed by atoms with van der Waals surface area (Å²) in [6, 6.07) is -5.66. The minimum Gasteiger partial charge on any atom is -0.480 e. The second-order valence-electron chi connectivity index (χ2n) is 12.2. The molecule has 0 spiro atoms. The predicted octanol–water partition coefficient (Wildman–Crippen LogP) is -2.15. The molecule has 13 N–H and O–H groups in total. The van der Waals surface area contributed by atoms with Gasteiger partial charge in [0, 0.05) is 6.54 Å². The zero-order chi connectivity index (χ0) is 35.6. The van der Waals surface area contributed by atoms with Gasteiger partial charge in [-0.2, -0.15) is 0 Å². The van der Waals surface area contributed by atoms with Crippen LogP contribution in [0.5, 0.6) is 0 Å². The summed E-state index contributed by atoms with van der Waals surface area (Å²) in [7, 11) is 0. The Morgan fingerprint density at radius 3 is 1.80 bits per heavy atom. The first-order valence-corrected chi connectivity index (χ1v) is 15.6. The highest BCUT2D eigenvalue weighted by Gasteiger charge is 2.32. The van der Waals surface area contributed by atoms with Gasteiger partial charge in [0.25, 0.3) is 0 Å². The van der Waals surface area contributed by atoms with Gasteiger partial charge in [0.1, 0.15) is 30.2 Å². The molecule has 0 radical (unpaired) electrons. The number of aliphatic carboxylic acids is 1. The summed E-state index contributed by atoms with van der Waals surface area (Å²) in [5, 5.41) is 41.2. The third-order valence-corrected chi connectivity index (χ3v) is 7.05. The van der Waals surface area contributed by atoms with Crippen molar-refractivity contribution in [3.8, 4) is 0 Å². The lowest BCUT2D eigenvalue weighted by atomic mass is 9.96. The first kappa shape index (κ1) is 42.0. The Morgan fingerprint density at radius 1 is 0.761 bits per heavy atom. The van der Waals surface area contributed by atoms with E-state index in [0.29, 0.717) is 12.8 Å². The summed E-state index contributed by atoms with van der Waals surface area (Å²) in [5.74, 6) is -5.40. The normalized spacial score (nSPS) is 15.0. The summed E-state index contributed by atoms with van der Waals surface area (Å²) in [5.41, 5.74) is 10.9. The lowest BCUT2D eigenvalue weighted by Gasteiger charge is -2.27. The molecule has 46 heavy (non-hydrogen) atoms.